The highest BCUT2D eigenvalue weighted by molar-refractivity contribution is 7.91. The van der Waals surface area contributed by atoms with Gasteiger partial charge in [0.25, 0.3) is 5.91 Å². The van der Waals surface area contributed by atoms with Crippen molar-refractivity contribution in [2.75, 3.05) is 26.7 Å². The van der Waals surface area contributed by atoms with Crippen molar-refractivity contribution >= 4 is 44.7 Å². The molecule has 1 saturated heterocycles. The molecule has 5 amide bonds. The number of sulfonamides is 1. The molecule has 2 aromatic carbocycles. The van der Waals surface area contributed by atoms with Crippen LogP contribution in [0.25, 0.3) is 22.2 Å². The fourth-order valence-electron chi connectivity index (χ4n) is 7.91. The number of carbonyl (C=O) groups is 4. The SMILES string of the molecule is C=CC1C[C@]1(NC(=O)[C@@H]1C[C@@H](Oc2cc(-c3ccccc3)nc3cc(OC)ccc23)CN1C(=O)[C@@H](NC(=O)N(CCC(F)(F)F)CC1CC1)C(C)(C)C)C(=O)NS(=O)(=O)C1CC1. The first kappa shape index (κ1) is 44.7. The van der Waals surface area contributed by atoms with Crippen molar-refractivity contribution in [2.45, 2.75) is 101 Å². The number of methoxy groups -OCH3 is 1. The molecule has 18 heteroatoms. The van der Waals surface area contributed by atoms with E-state index in [4.69, 9.17) is 14.5 Å². The normalized spacial score (nSPS) is 23.0. The molecule has 0 radical (unpaired) electrons. The highest BCUT2D eigenvalue weighted by atomic mass is 32.2. The summed E-state index contributed by atoms with van der Waals surface area (Å²) < 4.78 is 80.0. The Morgan fingerprint density at radius 1 is 1.05 bits per heavy atom. The number of benzene rings is 2. The maximum absolute atomic E-state index is 14.9. The van der Waals surface area contributed by atoms with Crippen LogP contribution in [-0.4, -0.2) is 109 Å². The number of hydrogen-bond acceptors (Lipinski definition) is 9. The minimum absolute atomic E-state index is 0.0562. The van der Waals surface area contributed by atoms with Crippen molar-refractivity contribution in [3.63, 3.8) is 0 Å². The molecule has 334 valence electrons. The van der Waals surface area contributed by atoms with Crippen molar-refractivity contribution in [1.29, 1.82) is 0 Å². The van der Waals surface area contributed by atoms with E-state index in [0.29, 0.717) is 40.9 Å². The molecule has 4 aliphatic rings. The molecule has 4 fully saturated rings. The fraction of sp³-hybridized carbons (Fsp3) is 0.523. The first-order valence-corrected chi connectivity index (χ1v) is 22.4. The molecule has 3 aromatic rings. The zero-order valence-corrected chi connectivity index (χ0v) is 36.0. The second kappa shape index (κ2) is 17.1. The van der Waals surface area contributed by atoms with Crippen molar-refractivity contribution in [2.24, 2.45) is 17.3 Å². The monoisotopic (exact) mass is 882 g/mol. The zero-order chi connectivity index (χ0) is 44.8. The number of carbonyl (C=O) groups excluding carboxylic acids is 4. The van der Waals surface area contributed by atoms with Gasteiger partial charge in [0.2, 0.25) is 21.8 Å². The number of ether oxygens (including phenoxy) is 2. The van der Waals surface area contributed by atoms with E-state index in [1.807, 2.05) is 30.3 Å². The van der Waals surface area contributed by atoms with Crippen LogP contribution in [0.15, 0.2) is 67.3 Å². The number of nitrogens with one attached hydrogen (secondary N) is 3. The average molecular weight is 883 g/mol. The van der Waals surface area contributed by atoms with E-state index in [1.165, 1.54) is 18.1 Å². The molecule has 2 heterocycles. The van der Waals surface area contributed by atoms with Crippen LogP contribution in [0.2, 0.25) is 0 Å². The Bertz CT molecular complexity index is 2330. The summed E-state index contributed by atoms with van der Waals surface area (Å²) in [5, 5.41) is 5.40. The van der Waals surface area contributed by atoms with Gasteiger partial charge in [-0.15, -0.1) is 6.58 Å². The fourth-order valence-corrected chi connectivity index (χ4v) is 9.27. The Hall–Kier alpha value is -5.39. The molecule has 3 saturated carbocycles. The maximum Gasteiger partial charge on any atom is 0.390 e. The first-order valence-electron chi connectivity index (χ1n) is 20.9. The molecular weight excluding hydrogens is 830 g/mol. The minimum Gasteiger partial charge on any atom is -0.497 e. The highest BCUT2D eigenvalue weighted by Crippen LogP contribution is 2.46. The lowest BCUT2D eigenvalue weighted by molar-refractivity contribution is -0.143. The summed E-state index contributed by atoms with van der Waals surface area (Å²) in [7, 11) is -2.45. The summed E-state index contributed by atoms with van der Waals surface area (Å²) >= 11 is 0. The van der Waals surface area contributed by atoms with E-state index in [0.717, 1.165) is 23.3 Å². The largest absolute Gasteiger partial charge is 0.497 e. The Morgan fingerprint density at radius 3 is 2.35 bits per heavy atom. The predicted molar refractivity (Wildman–Crippen MR) is 224 cm³/mol. The van der Waals surface area contributed by atoms with E-state index >= 15 is 0 Å². The summed E-state index contributed by atoms with van der Waals surface area (Å²) in [6.45, 7) is 8.18. The third-order valence-electron chi connectivity index (χ3n) is 11.9. The Labute approximate surface area is 359 Å². The van der Waals surface area contributed by atoms with Crippen molar-refractivity contribution in [1.82, 2.24) is 30.1 Å². The van der Waals surface area contributed by atoms with Crippen LogP contribution < -0.4 is 24.8 Å². The number of likely N-dealkylation sites (tertiary alicyclic amines) is 1. The van der Waals surface area contributed by atoms with Gasteiger partial charge in [-0.3, -0.25) is 19.1 Å². The van der Waals surface area contributed by atoms with E-state index in [1.54, 1.807) is 45.0 Å². The van der Waals surface area contributed by atoms with Gasteiger partial charge in [-0.1, -0.05) is 57.2 Å². The predicted octanol–water partition coefficient (Wildman–Crippen LogP) is 5.72. The second-order valence-electron chi connectivity index (χ2n) is 17.9. The van der Waals surface area contributed by atoms with Crippen LogP contribution >= 0.6 is 0 Å². The van der Waals surface area contributed by atoms with Gasteiger partial charge in [-0.2, -0.15) is 13.2 Å². The highest BCUT2D eigenvalue weighted by Gasteiger charge is 2.62. The van der Waals surface area contributed by atoms with Crippen LogP contribution in [-0.2, 0) is 24.4 Å². The molecule has 0 spiro atoms. The smallest absolute Gasteiger partial charge is 0.390 e. The molecule has 0 bridgehead atoms. The lowest BCUT2D eigenvalue weighted by Crippen LogP contribution is -2.61. The lowest BCUT2D eigenvalue weighted by Gasteiger charge is -2.37. The number of aromatic nitrogens is 1. The van der Waals surface area contributed by atoms with Crippen molar-refractivity contribution in [3.05, 3.63) is 67.3 Å². The van der Waals surface area contributed by atoms with Gasteiger partial charge in [-0.25, -0.2) is 18.2 Å². The molecule has 1 aromatic heterocycles. The van der Waals surface area contributed by atoms with Crippen LogP contribution in [0.1, 0.15) is 65.7 Å². The van der Waals surface area contributed by atoms with Gasteiger partial charge < -0.3 is 29.9 Å². The zero-order valence-electron chi connectivity index (χ0n) is 35.2. The number of urea groups is 1. The Morgan fingerprint density at radius 2 is 1.76 bits per heavy atom. The molecule has 1 aliphatic heterocycles. The van der Waals surface area contributed by atoms with Crippen molar-refractivity contribution < 1.29 is 50.2 Å². The molecule has 3 aliphatic carbocycles. The van der Waals surface area contributed by atoms with Gasteiger partial charge in [-0.05, 0) is 55.6 Å². The van der Waals surface area contributed by atoms with Gasteiger partial charge in [0.05, 0.1) is 36.5 Å². The number of halogens is 3. The lowest BCUT2D eigenvalue weighted by atomic mass is 9.85. The molecule has 7 rings (SSSR count). The average Bonchev–Trinajstić information content (AvgIpc) is 4.12. The summed E-state index contributed by atoms with van der Waals surface area (Å²) in [5.41, 5.74) is -0.729. The minimum atomic E-state index is -4.51. The first-order chi connectivity index (χ1) is 29.2. The third kappa shape index (κ3) is 10.1. The van der Waals surface area contributed by atoms with Crippen LogP contribution in [0.4, 0.5) is 18.0 Å². The Kier molecular flexibility index (Phi) is 12.3. The standard InChI is InChI=1S/C44H53F3N6O8S/c1-6-28-23-43(28,40(56)51-62(58,59)31-15-16-31)50-38(54)35-21-30(61-36-22-33(27-10-8-7-9-11-27)48-34-20-29(60-5)14-17-32(34)36)25-53(35)39(55)37(42(2,3)4)49-41(57)52(24-26-12-13-26)19-18-44(45,46)47/h6-11,14,17,20,22,26,28,30-31,35,37H,1,12-13,15-16,18-19,21,23-25H2,2-5H3,(H,49,57)(H,50,54)(H,51,56)/t28?,30-,35+,37-,43-/m1/s1. The van der Waals surface area contributed by atoms with Crippen LogP contribution in [0, 0.1) is 17.3 Å². The molecule has 14 nitrogen and oxygen atoms in total. The quantitative estimate of drug-likeness (QED) is 0.152. The molecule has 3 N–H and O–H groups in total. The number of alkyl halides is 3. The number of pyridine rings is 1. The summed E-state index contributed by atoms with van der Waals surface area (Å²) in [6, 6.07) is 13.0. The van der Waals surface area contributed by atoms with Gasteiger partial charge in [0.15, 0.2) is 0 Å². The number of rotatable bonds is 16. The van der Waals surface area contributed by atoms with Crippen LogP contribution in [0.5, 0.6) is 11.5 Å². The number of hydrogen-bond donors (Lipinski definition) is 3. The van der Waals surface area contributed by atoms with E-state index in [9.17, 15) is 40.8 Å². The van der Waals surface area contributed by atoms with Gasteiger partial charge in [0, 0.05) is 48.5 Å². The van der Waals surface area contributed by atoms with Gasteiger partial charge in [0.1, 0.15) is 35.2 Å². The van der Waals surface area contributed by atoms with E-state index in [2.05, 4.69) is 21.9 Å². The van der Waals surface area contributed by atoms with Crippen LogP contribution in [0.3, 0.4) is 0 Å². The topological polar surface area (TPSA) is 176 Å². The summed E-state index contributed by atoms with van der Waals surface area (Å²) in [5.74, 6) is -1.97. The van der Waals surface area contributed by atoms with Gasteiger partial charge >= 0.3 is 12.2 Å². The third-order valence-corrected chi connectivity index (χ3v) is 13.8. The number of fused-ring (bicyclic) bond motifs is 1. The summed E-state index contributed by atoms with van der Waals surface area (Å²) in [4.78, 5) is 64.2. The Balaban J connectivity index is 1.21. The molecule has 5 atom stereocenters. The van der Waals surface area contributed by atoms with E-state index in [-0.39, 0.29) is 31.8 Å². The molecule has 62 heavy (non-hydrogen) atoms. The second-order valence-corrected chi connectivity index (χ2v) is 19.9. The summed E-state index contributed by atoms with van der Waals surface area (Å²) in [6.07, 6.45) is -2.76. The van der Waals surface area contributed by atoms with E-state index < -0.39 is 93.2 Å². The van der Waals surface area contributed by atoms with Crippen molar-refractivity contribution in [3.8, 4) is 22.8 Å². The number of nitrogens with zero attached hydrogens (tertiary/aromatic N) is 3. The maximum atomic E-state index is 14.9. The molecule has 1 unspecified atom stereocenters. The molecular formula is C44H53F3N6O8S. The number of amides is 5.